The molecule has 0 unspecified atom stereocenters. The summed E-state index contributed by atoms with van der Waals surface area (Å²) >= 11 is 0. The van der Waals surface area contributed by atoms with Gasteiger partial charge in [0.2, 0.25) is 0 Å². The molecule has 0 amide bonds. The van der Waals surface area contributed by atoms with E-state index >= 15 is 0 Å². The van der Waals surface area contributed by atoms with Crippen molar-refractivity contribution >= 4 is 23.3 Å². The number of aromatic nitrogens is 3. The zero-order chi connectivity index (χ0) is 20.7. The predicted molar refractivity (Wildman–Crippen MR) is 109 cm³/mol. The number of carbonyl (C=O) groups is 1. The molecule has 0 spiro atoms. The largest absolute Gasteiger partial charge is 0.465 e. The van der Waals surface area contributed by atoms with Gasteiger partial charge in [-0.3, -0.25) is 0 Å². The van der Waals surface area contributed by atoms with Gasteiger partial charge in [-0.1, -0.05) is 6.92 Å². The average Bonchev–Trinajstić information content (AvgIpc) is 2.74. The summed E-state index contributed by atoms with van der Waals surface area (Å²) in [7, 11) is 1.35. The molecule has 1 aliphatic heterocycles. The third-order valence-electron chi connectivity index (χ3n) is 5.19. The number of piperidine rings is 1. The van der Waals surface area contributed by atoms with Crippen molar-refractivity contribution in [3.05, 3.63) is 35.9 Å². The van der Waals surface area contributed by atoms with Crippen LogP contribution in [0.5, 0.6) is 0 Å². The number of carbonyl (C=O) groups excluding carboxylic acids is 1. The monoisotopic (exact) mass is 395 g/mol. The number of pyridine rings is 1. The van der Waals surface area contributed by atoms with Crippen molar-refractivity contribution in [3.8, 4) is 6.07 Å². The summed E-state index contributed by atoms with van der Waals surface area (Å²) in [5.74, 6) is 0.514. The van der Waals surface area contributed by atoms with Gasteiger partial charge >= 0.3 is 5.97 Å². The zero-order valence-electron chi connectivity index (χ0n) is 16.7. The molecule has 2 aromatic heterocycles. The fourth-order valence-corrected chi connectivity index (χ4v) is 3.30. The van der Waals surface area contributed by atoms with Crippen LogP contribution in [-0.4, -0.2) is 47.7 Å². The number of hydrogen-bond acceptors (Lipinski definition) is 9. The Morgan fingerprint density at radius 3 is 2.66 bits per heavy atom. The molecule has 3 N–H and O–H groups in total. The Hall–Kier alpha value is -3.25. The lowest BCUT2D eigenvalue weighted by molar-refractivity contribution is 0.0601. The van der Waals surface area contributed by atoms with Gasteiger partial charge in [-0.15, -0.1) is 0 Å². The van der Waals surface area contributed by atoms with E-state index in [2.05, 4.69) is 37.8 Å². The van der Waals surface area contributed by atoms with Crippen molar-refractivity contribution in [2.45, 2.75) is 26.2 Å². The maximum Gasteiger partial charge on any atom is 0.341 e. The minimum Gasteiger partial charge on any atom is -0.465 e. The fraction of sp³-hybridized carbons (Fsp3) is 0.450. The summed E-state index contributed by atoms with van der Waals surface area (Å²) in [4.78, 5) is 24.5. The minimum absolute atomic E-state index is 0.235. The van der Waals surface area contributed by atoms with E-state index in [0.717, 1.165) is 38.9 Å². The number of nitriles is 1. The SMILES string of the molecule is COC(=O)c1cnc(Nc2cnc(C#N)cn2)cc1NCCC1(C)CCNCC1. The van der Waals surface area contributed by atoms with Crippen molar-refractivity contribution in [1.29, 1.82) is 5.26 Å². The number of anilines is 3. The van der Waals surface area contributed by atoms with Crippen LogP contribution < -0.4 is 16.0 Å². The Morgan fingerprint density at radius 1 is 1.24 bits per heavy atom. The van der Waals surface area contributed by atoms with Gasteiger partial charge in [0.15, 0.2) is 5.69 Å². The maximum atomic E-state index is 12.1. The molecule has 0 atom stereocenters. The second-order valence-electron chi connectivity index (χ2n) is 7.37. The normalized spacial score (nSPS) is 15.2. The number of esters is 1. The summed E-state index contributed by atoms with van der Waals surface area (Å²) in [6, 6.07) is 3.67. The Morgan fingerprint density at radius 2 is 2.00 bits per heavy atom. The highest BCUT2D eigenvalue weighted by atomic mass is 16.5. The summed E-state index contributed by atoms with van der Waals surface area (Å²) in [5, 5.41) is 18.6. The first-order valence-corrected chi connectivity index (χ1v) is 9.55. The Kier molecular flexibility index (Phi) is 6.57. The van der Waals surface area contributed by atoms with Gasteiger partial charge in [0.1, 0.15) is 23.3 Å². The molecule has 3 heterocycles. The number of hydrogen-bond donors (Lipinski definition) is 3. The first kappa shape index (κ1) is 20.5. The van der Waals surface area contributed by atoms with Crippen LogP contribution in [-0.2, 0) is 4.74 Å². The molecule has 2 aromatic rings. The van der Waals surface area contributed by atoms with Crippen LogP contribution in [0, 0.1) is 16.7 Å². The van der Waals surface area contributed by atoms with Crippen LogP contribution in [0.15, 0.2) is 24.7 Å². The molecule has 0 radical (unpaired) electrons. The lowest BCUT2D eigenvalue weighted by Crippen LogP contribution is -2.35. The number of nitrogens with one attached hydrogen (secondary N) is 3. The topological polar surface area (TPSA) is 125 Å². The zero-order valence-corrected chi connectivity index (χ0v) is 16.7. The highest BCUT2D eigenvalue weighted by Gasteiger charge is 2.26. The van der Waals surface area contributed by atoms with Crippen LogP contribution in [0.2, 0.25) is 0 Å². The van der Waals surface area contributed by atoms with Crippen LogP contribution in [0.4, 0.5) is 17.3 Å². The molecule has 9 heteroatoms. The van der Waals surface area contributed by atoms with Crippen molar-refractivity contribution in [1.82, 2.24) is 20.3 Å². The first-order chi connectivity index (χ1) is 14.0. The number of rotatable bonds is 7. The van der Waals surface area contributed by atoms with Gasteiger partial charge in [-0.25, -0.2) is 19.7 Å². The molecule has 152 valence electrons. The quantitative estimate of drug-likeness (QED) is 0.606. The molecule has 29 heavy (non-hydrogen) atoms. The third-order valence-corrected chi connectivity index (χ3v) is 5.19. The maximum absolute atomic E-state index is 12.1. The van der Waals surface area contributed by atoms with Crippen molar-refractivity contribution in [2.24, 2.45) is 5.41 Å². The Labute approximate surface area is 169 Å². The van der Waals surface area contributed by atoms with E-state index in [4.69, 9.17) is 10.00 Å². The van der Waals surface area contributed by atoms with Crippen LogP contribution in [0.25, 0.3) is 0 Å². The Balaban J connectivity index is 1.72. The number of methoxy groups -OCH3 is 1. The van der Waals surface area contributed by atoms with Crippen LogP contribution in [0.3, 0.4) is 0 Å². The van der Waals surface area contributed by atoms with Gasteiger partial charge in [0.05, 0.1) is 25.2 Å². The van der Waals surface area contributed by atoms with E-state index < -0.39 is 5.97 Å². The molecule has 0 bridgehead atoms. The van der Waals surface area contributed by atoms with Gasteiger partial charge in [0, 0.05) is 18.8 Å². The van der Waals surface area contributed by atoms with Crippen LogP contribution >= 0.6 is 0 Å². The highest BCUT2D eigenvalue weighted by Crippen LogP contribution is 2.32. The average molecular weight is 395 g/mol. The molecule has 1 aliphatic rings. The summed E-state index contributed by atoms with van der Waals surface area (Å²) in [6.07, 6.45) is 7.59. The third kappa shape index (κ3) is 5.39. The van der Waals surface area contributed by atoms with E-state index in [1.54, 1.807) is 6.07 Å². The molecule has 0 saturated carbocycles. The van der Waals surface area contributed by atoms with E-state index in [1.807, 2.05) is 6.07 Å². The standard InChI is InChI=1S/C20H25N7O2/c1-20(3-6-22-7-4-20)5-8-23-16-9-17(26-12-15(16)19(28)29-2)27-18-13-24-14(10-21)11-25-18/h9,11-13,22H,3-8H2,1-2H3,(H2,23,25,26,27). The summed E-state index contributed by atoms with van der Waals surface area (Å²) < 4.78 is 4.88. The molecular formula is C20H25N7O2. The van der Waals surface area contributed by atoms with Crippen LogP contribution in [0.1, 0.15) is 42.2 Å². The van der Waals surface area contributed by atoms with E-state index in [9.17, 15) is 4.79 Å². The smallest absolute Gasteiger partial charge is 0.341 e. The summed E-state index contributed by atoms with van der Waals surface area (Å²) in [5.41, 5.74) is 1.54. The van der Waals surface area contributed by atoms with Crippen molar-refractivity contribution < 1.29 is 9.53 Å². The molecule has 1 saturated heterocycles. The lowest BCUT2D eigenvalue weighted by Gasteiger charge is -2.34. The molecule has 9 nitrogen and oxygen atoms in total. The van der Waals surface area contributed by atoms with Gasteiger partial charge in [-0.05, 0) is 37.8 Å². The van der Waals surface area contributed by atoms with Crippen molar-refractivity contribution in [2.75, 3.05) is 37.4 Å². The van der Waals surface area contributed by atoms with Gasteiger partial charge < -0.3 is 20.7 Å². The fourth-order valence-electron chi connectivity index (χ4n) is 3.30. The number of ether oxygens (including phenoxy) is 1. The molecular weight excluding hydrogens is 370 g/mol. The lowest BCUT2D eigenvalue weighted by atomic mass is 9.78. The number of nitrogens with zero attached hydrogens (tertiary/aromatic N) is 4. The minimum atomic E-state index is -0.446. The highest BCUT2D eigenvalue weighted by molar-refractivity contribution is 5.95. The summed E-state index contributed by atoms with van der Waals surface area (Å²) in [6.45, 7) is 5.12. The second-order valence-corrected chi connectivity index (χ2v) is 7.37. The van der Waals surface area contributed by atoms with Crippen molar-refractivity contribution in [3.63, 3.8) is 0 Å². The van der Waals surface area contributed by atoms with Gasteiger partial charge in [-0.2, -0.15) is 5.26 Å². The molecule has 0 aliphatic carbocycles. The van der Waals surface area contributed by atoms with E-state index in [1.165, 1.54) is 25.7 Å². The molecule has 0 aromatic carbocycles. The van der Waals surface area contributed by atoms with Gasteiger partial charge in [0.25, 0.3) is 0 Å². The second kappa shape index (κ2) is 9.30. The Bertz CT molecular complexity index is 887. The first-order valence-electron chi connectivity index (χ1n) is 9.55. The molecule has 1 fully saturated rings. The van der Waals surface area contributed by atoms with E-state index in [0.29, 0.717) is 22.9 Å². The molecule has 3 rings (SSSR count). The van der Waals surface area contributed by atoms with E-state index in [-0.39, 0.29) is 11.1 Å². The predicted octanol–water partition coefficient (Wildman–Crippen LogP) is 2.47.